The summed E-state index contributed by atoms with van der Waals surface area (Å²) in [4.78, 5) is -0.907. The minimum absolute atomic E-state index is 0.0262. The van der Waals surface area contributed by atoms with E-state index in [4.69, 9.17) is 16.3 Å². The predicted molar refractivity (Wildman–Crippen MR) is 92.7 cm³/mol. The molecule has 0 spiro atoms. The van der Waals surface area contributed by atoms with Crippen LogP contribution < -0.4 is 4.74 Å². The molecule has 2 aromatic carbocycles. The van der Waals surface area contributed by atoms with Gasteiger partial charge in [0, 0.05) is 18.1 Å². The SMILES string of the molecule is CCN(Cc1ccc(OC)c(F)c1)S(=O)(=O)c1ccc(Cl)cc1C(F)(F)F. The summed E-state index contributed by atoms with van der Waals surface area (Å²) in [5.74, 6) is -0.729. The van der Waals surface area contributed by atoms with Gasteiger partial charge in [-0.1, -0.05) is 24.6 Å². The van der Waals surface area contributed by atoms with Crippen LogP contribution in [-0.2, 0) is 22.7 Å². The Morgan fingerprint density at radius 1 is 1.15 bits per heavy atom. The quantitative estimate of drug-likeness (QED) is 0.629. The Morgan fingerprint density at radius 2 is 1.81 bits per heavy atom. The van der Waals surface area contributed by atoms with Crippen LogP contribution >= 0.6 is 11.6 Å². The largest absolute Gasteiger partial charge is 0.494 e. The van der Waals surface area contributed by atoms with Gasteiger partial charge in [-0.25, -0.2) is 12.8 Å². The van der Waals surface area contributed by atoms with E-state index in [1.807, 2.05) is 0 Å². The molecule has 0 atom stereocenters. The van der Waals surface area contributed by atoms with Gasteiger partial charge in [-0.05, 0) is 35.9 Å². The number of halogens is 5. The highest BCUT2D eigenvalue weighted by molar-refractivity contribution is 7.89. The summed E-state index contributed by atoms with van der Waals surface area (Å²) in [6.07, 6.45) is -4.90. The lowest BCUT2D eigenvalue weighted by atomic mass is 10.2. The third-order valence-electron chi connectivity index (χ3n) is 3.79. The molecule has 0 amide bonds. The van der Waals surface area contributed by atoms with Crippen molar-refractivity contribution in [2.75, 3.05) is 13.7 Å². The lowest BCUT2D eigenvalue weighted by molar-refractivity contribution is -0.139. The minimum Gasteiger partial charge on any atom is -0.494 e. The maximum atomic E-state index is 13.8. The van der Waals surface area contributed by atoms with Crippen LogP contribution in [0.2, 0.25) is 5.02 Å². The monoisotopic (exact) mass is 425 g/mol. The zero-order chi connectivity index (χ0) is 20.4. The van der Waals surface area contributed by atoms with Gasteiger partial charge in [0.25, 0.3) is 0 Å². The highest BCUT2D eigenvalue weighted by atomic mass is 35.5. The standard InChI is InChI=1S/C17H16ClF4NO3S/c1-3-23(10-11-4-6-15(26-2)14(19)8-11)27(24,25)16-7-5-12(18)9-13(16)17(20,21)22/h4-9H,3,10H2,1-2H3. The first kappa shape index (κ1) is 21.5. The molecule has 27 heavy (non-hydrogen) atoms. The van der Waals surface area contributed by atoms with E-state index in [0.717, 1.165) is 22.5 Å². The molecule has 2 aromatic rings. The van der Waals surface area contributed by atoms with E-state index in [2.05, 4.69) is 0 Å². The molecule has 0 fully saturated rings. The van der Waals surface area contributed by atoms with Gasteiger partial charge < -0.3 is 4.74 Å². The molecule has 10 heteroatoms. The molecule has 0 aliphatic carbocycles. The number of sulfonamides is 1. The highest BCUT2D eigenvalue weighted by Crippen LogP contribution is 2.37. The molecule has 4 nitrogen and oxygen atoms in total. The number of nitrogens with zero attached hydrogens (tertiary/aromatic N) is 1. The van der Waals surface area contributed by atoms with Crippen LogP contribution in [0.15, 0.2) is 41.3 Å². The van der Waals surface area contributed by atoms with E-state index >= 15 is 0 Å². The van der Waals surface area contributed by atoms with Gasteiger partial charge in [0.2, 0.25) is 10.0 Å². The van der Waals surface area contributed by atoms with Crippen molar-refractivity contribution in [1.82, 2.24) is 4.31 Å². The van der Waals surface area contributed by atoms with Gasteiger partial charge in [-0.3, -0.25) is 0 Å². The third-order valence-corrected chi connectivity index (χ3v) is 6.01. The van der Waals surface area contributed by atoms with Gasteiger partial charge in [0.1, 0.15) is 0 Å². The minimum atomic E-state index is -4.90. The number of hydrogen-bond acceptors (Lipinski definition) is 3. The van der Waals surface area contributed by atoms with Gasteiger partial charge in [-0.2, -0.15) is 17.5 Å². The maximum absolute atomic E-state index is 13.8. The molecule has 0 saturated heterocycles. The lowest BCUT2D eigenvalue weighted by Gasteiger charge is -2.23. The Balaban J connectivity index is 2.46. The fourth-order valence-corrected chi connectivity index (χ4v) is 4.27. The second-order valence-electron chi connectivity index (χ2n) is 5.54. The number of methoxy groups -OCH3 is 1. The Hall–Kier alpha value is -1.84. The summed E-state index contributed by atoms with van der Waals surface area (Å²) in [7, 11) is -3.23. The van der Waals surface area contributed by atoms with E-state index in [0.29, 0.717) is 6.07 Å². The summed E-state index contributed by atoms with van der Waals surface area (Å²) < 4.78 is 84.9. The van der Waals surface area contributed by atoms with Gasteiger partial charge in [-0.15, -0.1) is 0 Å². The summed E-state index contributed by atoms with van der Waals surface area (Å²) >= 11 is 5.60. The van der Waals surface area contributed by atoms with Gasteiger partial charge >= 0.3 is 6.18 Å². The summed E-state index contributed by atoms with van der Waals surface area (Å²) in [6.45, 7) is 1.05. The number of rotatable bonds is 6. The Morgan fingerprint density at radius 3 is 2.33 bits per heavy atom. The molecule has 0 bridgehead atoms. The van der Waals surface area contributed by atoms with Crippen molar-refractivity contribution >= 4 is 21.6 Å². The second-order valence-corrected chi connectivity index (χ2v) is 7.88. The van der Waals surface area contributed by atoms with Gasteiger partial charge in [0.15, 0.2) is 11.6 Å². The van der Waals surface area contributed by atoms with Crippen molar-refractivity contribution in [3.63, 3.8) is 0 Å². The second kappa shape index (κ2) is 8.04. The van der Waals surface area contributed by atoms with Crippen LogP contribution in [-0.4, -0.2) is 26.4 Å². The van der Waals surface area contributed by atoms with Crippen molar-refractivity contribution in [1.29, 1.82) is 0 Å². The van der Waals surface area contributed by atoms with E-state index in [1.54, 1.807) is 0 Å². The van der Waals surface area contributed by atoms with Crippen molar-refractivity contribution < 1.29 is 30.7 Å². The molecule has 0 aliphatic heterocycles. The topological polar surface area (TPSA) is 46.6 Å². The van der Waals surface area contributed by atoms with Crippen LogP contribution in [0.3, 0.4) is 0 Å². The van der Waals surface area contributed by atoms with Crippen molar-refractivity contribution in [2.24, 2.45) is 0 Å². The van der Waals surface area contributed by atoms with Crippen LogP contribution in [0.4, 0.5) is 17.6 Å². The molecule has 0 aliphatic rings. The smallest absolute Gasteiger partial charge is 0.417 e. The molecule has 0 N–H and O–H groups in total. The molecular formula is C17H16ClF4NO3S. The van der Waals surface area contributed by atoms with E-state index in [1.165, 1.54) is 26.2 Å². The van der Waals surface area contributed by atoms with Crippen LogP contribution in [0, 0.1) is 5.82 Å². The Kier molecular flexibility index (Phi) is 6.39. The average molecular weight is 426 g/mol. The molecule has 2 rings (SSSR count). The summed E-state index contributed by atoms with van der Waals surface area (Å²) in [5, 5.41) is -0.235. The molecule has 0 unspecified atom stereocenters. The van der Waals surface area contributed by atoms with Crippen molar-refractivity contribution in [3.8, 4) is 5.75 Å². The fourth-order valence-electron chi connectivity index (χ4n) is 2.47. The van der Waals surface area contributed by atoms with Crippen molar-refractivity contribution in [2.45, 2.75) is 24.5 Å². The lowest BCUT2D eigenvalue weighted by Crippen LogP contribution is -2.32. The molecule has 0 radical (unpaired) electrons. The maximum Gasteiger partial charge on any atom is 0.417 e. The number of ether oxygens (including phenoxy) is 1. The fraction of sp³-hybridized carbons (Fsp3) is 0.294. The molecular weight excluding hydrogens is 410 g/mol. The normalized spacial score (nSPS) is 12.4. The summed E-state index contributed by atoms with van der Waals surface area (Å²) in [5.41, 5.74) is -1.09. The van der Waals surface area contributed by atoms with E-state index in [-0.39, 0.29) is 29.4 Å². The zero-order valence-electron chi connectivity index (χ0n) is 14.3. The molecule has 0 saturated carbocycles. The Labute approximate surface area is 159 Å². The van der Waals surface area contributed by atoms with Crippen LogP contribution in [0.25, 0.3) is 0 Å². The van der Waals surface area contributed by atoms with E-state index < -0.39 is 32.5 Å². The average Bonchev–Trinajstić information content (AvgIpc) is 2.58. The molecule has 148 valence electrons. The van der Waals surface area contributed by atoms with Gasteiger partial charge in [0.05, 0.1) is 17.6 Å². The van der Waals surface area contributed by atoms with Crippen molar-refractivity contribution in [3.05, 3.63) is 58.4 Å². The zero-order valence-corrected chi connectivity index (χ0v) is 15.9. The molecule has 0 aromatic heterocycles. The third kappa shape index (κ3) is 4.72. The molecule has 0 heterocycles. The number of benzene rings is 2. The predicted octanol–water partition coefficient (Wildman–Crippen LogP) is 4.72. The first-order valence-electron chi connectivity index (χ1n) is 7.70. The highest BCUT2D eigenvalue weighted by Gasteiger charge is 2.39. The first-order valence-corrected chi connectivity index (χ1v) is 9.51. The van der Waals surface area contributed by atoms with Crippen LogP contribution in [0.1, 0.15) is 18.1 Å². The van der Waals surface area contributed by atoms with Crippen LogP contribution in [0.5, 0.6) is 5.75 Å². The Bertz CT molecular complexity index is 932. The first-order chi connectivity index (χ1) is 12.5. The van der Waals surface area contributed by atoms with E-state index in [9.17, 15) is 26.0 Å². The number of alkyl halides is 3. The summed E-state index contributed by atoms with van der Waals surface area (Å²) in [6, 6.07) is 6.28. The number of hydrogen-bond donors (Lipinski definition) is 0.